The summed E-state index contributed by atoms with van der Waals surface area (Å²) < 4.78 is 23.0. The summed E-state index contributed by atoms with van der Waals surface area (Å²) in [6, 6.07) is 10.9. The highest BCUT2D eigenvalue weighted by atomic mass is 35.5. The minimum Gasteiger partial charge on any atom is -0.345 e. The quantitative estimate of drug-likeness (QED) is 0.835. The monoisotopic (exact) mass is 385 g/mol. The molecule has 24 heavy (non-hydrogen) atoms. The van der Waals surface area contributed by atoms with E-state index in [9.17, 15) is 13.2 Å². The average Bonchev–Trinajstić information content (AvgIpc) is 2.51. The molecule has 0 aliphatic heterocycles. The fraction of sp³-hybridized carbons (Fsp3) is 0.235. The Morgan fingerprint density at radius 1 is 1.12 bits per heavy atom. The lowest BCUT2D eigenvalue weighted by molar-refractivity contribution is 0.0935. The zero-order chi connectivity index (χ0) is 17.9. The van der Waals surface area contributed by atoms with Gasteiger partial charge in [0, 0.05) is 11.3 Å². The topological polar surface area (TPSA) is 63.2 Å². The molecule has 0 saturated carbocycles. The van der Waals surface area contributed by atoms with Crippen molar-refractivity contribution < 1.29 is 13.2 Å². The lowest BCUT2D eigenvalue weighted by Crippen LogP contribution is -2.28. The Morgan fingerprint density at radius 3 is 2.25 bits per heavy atom. The number of carbonyl (C=O) groups excluding carboxylic acids is 1. The van der Waals surface area contributed by atoms with Crippen molar-refractivity contribution in [2.75, 3.05) is 6.26 Å². The second-order valence-corrected chi connectivity index (χ2v) is 8.26. The third-order valence-electron chi connectivity index (χ3n) is 3.60. The minimum atomic E-state index is -3.25. The molecule has 4 nitrogen and oxygen atoms in total. The zero-order valence-corrected chi connectivity index (χ0v) is 15.5. The standard InChI is InChI=1S/C17H17Cl2NO3S/c1-3-16(11-4-7-13(8-5-11)24(2,22)23)20-17(21)14-9-6-12(18)10-15(14)19/h4-10,16H,3H2,1-2H3,(H,20,21)/t16-/m1/s1. The van der Waals surface area contributed by atoms with Gasteiger partial charge in [0.05, 0.1) is 21.5 Å². The van der Waals surface area contributed by atoms with Crippen LogP contribution >= 0.6 is 23.2 Å². The first kappa shape index (κ1) is 18.8. The van der Waals surface area contributed by atoms with Crippen LogP contribution in [0.25, 0.3) is 0 Å². The molecule has 0 fully saturated rings. The second kappa shape index (κ2) is 7.55. The van der Waals surface area contributed by atoms with Crippen LogP contribution in [-0.4, -0.2) is 20.6 Å². The van der Waals surface area contributed by atoms with Crippen LogP contribution in [0.2, 0.25) is 10.0 Å². The van der Waals surface area contributed by atoms with E-state index in [1.165, 1.54) is 18.2 Å². The lowest BCUT2D eigenvalue weighted by atomic mass is 10.0. The first-order valence-corrected chi connectivity index (χ1v) is 9.93. The molecule has 1 atom stereocenters. The van der Waals surface area contributed by atoms with Crippen molar-refractivity contribution in [3.05, 3.63) is 63.6 Å². The molecule has 1 N–H and O–H groups in total. The number of amides is 1. The van der Waals surface area contributed by atoms with Crippen molar-refractivity contribution >= 4 is 38.9 Å². The number of carbonyl (C=O) groups is 1. The van der Waals surface area contributed by atoms with Gasteiger partial charge in [0.15, 0.2) is 9.84 Å². The Morgan fingerprint density at radius 2 is 1.75 bits per heavy atom. The van der Waals surface area contributed by atoms with Crippen molar-refractivity contribution in [1.29, 1.82) is 0 Å². The van der Waals surface area contributed by atoms with E-state index in [4.69, 9.17) is 23.2 Å². The summed E-state index contributed by atoms with van der Waals surface area (Å²) in [6.07, 6.45) is 1.80. The molecule has 2 rings (SSSR count). The smallest absolute Gasteiger partial charge is 0.253 e. The highest BCUT2D eigenvalue weighted by Crippen LogP contribution is 2.23. The van der Waals surface area contributed by atoms with Gasteiger partial charge in [-0.05, 0) is 42.3 Å². The molecule has 128 valence electrons. The Bertz CT molecular complexity index is 849. The van der Waals surface area contributed by atoms with Gasteiger partial charge in [-0.2, -0.15) is 0 Å². The molecule has 2 aromatic carbocycles. The number of rotatable bonds is 5. The molecule has 0 aliphatic carbocycles. The van der Waals surface area contributed by atoms with Crippen LogP contribution in [0, 0.1) is 0 Å². The van der Waals surface area contributed by atoms with Crippen LogP contribution in [0.3, 0.4) is 0 Å². The Hall–Kier alpha value is -1.56. The minimum absolute atomic E-state index is 0.244. The summed E-state index contributed by atoms with van der Waals surface area (Å²) in [5.74, 6) is -0.310. The number of hydrogen-bond donors (Lipinski definition) is 1. The van der Waals surface area contributed by atoms with Gasteiger partial charge in [0.1, 0.15) is 0 Å². The van der Waals surface area contributed by atoms with E-state index in [0.29, 0.717) is 17.0 Å². The van der Waals surface area contributed by atoms with Gasteiger partial charge in [-0.1, -0.05) is 42.3 Å². The number of halogens is 2. The van der Waals surface area contributed by atoms with E-state index >= 15 is 0 Å². The van der Waals surface area contributed by atoms with Gasteiger partial charge in [-0.15, -0.1) is 0 Å². The van der Waals surface area contributed by atoms with Crippen LogP contribution < -0.4 is 5.32 Å². The first-order valence-electron chi connectivity index (χ1n) is 7.28. The summed E-state index contributed by atoms with van der Waals surface area (Å²) in [5.41, 5.74) is 1.16. The van der Waals surface area contributed by atoms with Crippen LogP contribution in [0.4, 0.5) is 0 Å². The summed E-state index contributed by atoms with van der Waals surface area (Å²) >= 11 is 11.9. The number of benzene rings is 2. The maximum atomic E-state index is 12.4. The lowest BCUT2D eigenvalue weighted by Gasteiger charge is -2.18. The molecule has 0 unspecified atom stereocenters. The van der Waals surface area contributed by atoms with Crippen molar-refractivity contribution in [2.45, 2.75) is 24.3 Å². The molecule has 0 radical (unpaired) electrons. The molecule has 0 saturated heterocycles. The summed E-state index contributed by atoms with van der Waals surface area (Å²) in [7, 11) is -3.25. The number of hydrogen-bond acceptors (Lipinski definition) is 3. The largest absolute Gasteiger partial charge is 0.345 e. The maximum Gasteiger partial charge on any atom is 0.253 e. The van der Waals surface area contributed by atoms with E-state index in [1.54, 1.807) is 24.3 Å². The predicted octanol–water partition coefficient (Wildman–Crippen LogP) is 4.28. The van der Waals surface area contributed by atoms with Crippen molar-refractivity contribution in [3.8, 4) is 0 Å². The van der Waals surface area contributed by atoms with Gasteiger partial charge in [-0.25, -0.2) is 8.42 Å². The zero-order valence-electron chi connectivity index (χ0n) is 13.2. The molecule has 2 aromatic rings. The van der Waals surface area contributed by atoms with Gasteiger partial charge in [0.2, 0.25) is 0 Å². The number of nitrogens with one attached hydrogen (secondary N) is 1. The summed E-state index contributed by atoms with van der Waals surface area (Å²) in [4.78, 5) is 12.7. The number of sulfone groups is 1. The highest BCUT2D eigenvalue weighted by Gasteiger charge is 2.17. The summed E-state index contributed by atoms with van der Waals surface area (Å²) in [6.45, 7) is 1.93. The van der Waals surface area contributed by atoms with Gasteiger partial charge >= 0.3 is 0 Å². The molecular formula is C17H17Cl2NO3S. The van der Waals surface area contributed by atoms with Crippen LogP contribution in [0.5, 0.6) is 0 Å². The third-order valence-corrected chi connectivity index (χ3v) is 5.28. The van der Waals surface area contributed by atoms with Crippen LogP contribution in [-0.2, 0) is 9.84 Å². The summed E-state index contributed by atoms with van der Waals surface area (Å²) in [5, 5.41) is 3.64. The normalized spacial score (nSPS) is 12.7. The molecule has 0 spiro atoms. The Balaban J connectivity index is 2.21. The molecule has 1 amide bonds. The highest BCUT2D eigenvalue weighted by molar-refractivity contribution is 7.90. The average molecular weight is 386 g/mol. The predicted molar refractivity (Wildman–Crippen MR) is 96.5 cm³/mol. The van der Waals surface area contributed by atoms with Gasteiger partial charge in [-0.3, -0.25) is 4.79 Å². The first-order chi connectivity index (χ1) is 11.2. The maximum absolute atomic E-state index is 12.4. The van der Waals surface area contributed by atoms with Crippen LogP contribution in [0.15, 0.2) is 47.4 Å². The third kappa shape index (κ3) is 4.50. The van der Waals surface area contributed by atoms with E-state index in [-0.39, 0.29) is 21.9 Å². The molecule has 0 aromatic heterocycles. The van der Waals surface area contributed by atoms with E-state index in [2.05, 4.69) is 5.32 Å². The van der Waals surface area contributed by atoms with Gasteiger partial charge < -0.3 is 5.32 Å². The van der Waals surface area contributed by atoms with Crippen molar-refractivity contribution in [3.63, 3.8) is 0 Å². The SMILES string of the molecule is CC[C@@H](NC(=O)c1ccc(Cl)cc1Cl)c1ccc(S(C)(=O)=O)cc1. The van der Waals surface area contributed by atoms with Gasteiger partial charge in [0.25, 0.3) is 5.91 Å². The fourth-order valence-corrected chi connectivity index (χ4v) is 3.40. The Kier molecular flexibility index (Phi) is 5.91. The van der Waals surface area contributed by atoms with E-state index < -0.39 is 9.84 Å². The van der Waals surface area contributed by atoms with E-state index in [0.717, 1.165) is 11.8 Å². The molecule has 0 bridgehead atoms. The molecule has 7 heteroatoms. The molecule has 0 aliphatic rings. The molecular weight excluding hydrogens is 369 g/mol. The van der Waals surface area contributed by atoms with Crippen LogP contribution in [0.1, 0.15) is 35.3 Å². The fourth-order valence-electron chi connectivity index (χ4n) is 2.28. The second-order valence-electron chi connectivity index (χ2n) is 5.40. The van der Waals surface area contributed by atoms with Crippen molar-refractivity contribution in [1.82, 2.24) is 5.32 Å². The van der Waals surface area contributed by atoms with Crippen molar-refractivity contribution in [2.24, 2.45) is 0 Å². The Labute approximate surface area is 151 Å². The molecule has 0 heterocycles. The van der Waals surface area contributed by atoms with E-state index in [1.807, 2.05) is 6.92 Å².